The number of nitrogens with one attached hydrogen (secondary N) is 2. The molecule has 0 spiro atoms. The van der Waals surface area contributed by atoms with Gasteiger partial charge in [-0.1, -0.05) is 22.9 Å². The molecule has 1 aromatic carbocycles. The lowest BCUT2D eigenvalue weighted by Gasteiger charge is -2.34. The molecule has 4 aromatic rings. The van der Waals surface area contributed by atoms with Gasteiger partial charge < -0.3 is 10.2 Å². The summed E-state index contributed by atoms with van der Waals surface area (Å²) in [6.07, 6.45) is 4.30. The quantitative estimate of drug-likeness (QED) is 0.297. The minimum absolute atomic E-state index is 0.0328. The zero-order chi connectivity index (χ0) is 30.3. The number of anilines is 2. The summed E-state index contributed by atoms with van der Waals surface area (Å²) in [5.74, 6) is -0.345. The molecule has 0 saturated carbocycles. The summed E-state index contributed by atoms with van der Waals surface area (Å²) >= 11 is 6.03. The summed E-state index contributed by atoms with van der Waals surface area (Å²) in [7, 11) is -2.10. The molecule has 0 aliphatic carbocycles. The van der Waals surface area contributed by atoms with Gasteiger partial charge in [-0.15, -0.1) is 5.10 Å². The van der Waals surface area contributed by atoms with Crippen molar-refractivity contribution in [3.63, 3.8) is 0 Å². The van der Waals surface area contributed by atoms with Crippen molar-refractivity contribution in [2.45, 2.75) is 45.7 Å². The average Bonchev–Trinajstić information content (AvgIpc) is 3.36. The van der Waals surface area contributed by atoms with E-state index >= 15 is 0 Å². The van der Waals surface area contributed by atoms with Crippen LogP contribution >= 0.6 is 11.6 Å². The number of nitrogens with zero attached hydrogens (tertiary/aromatic N) is 7. The van der Waals surface area contributed by atoms with Crippen LogP contribution in [0.3, 0.4) is 0 Å². The molecule has 1 saturated heterocycles. The van der Waals surface area contributed by atoms with E-state index in [0.717, 1.165) is 35.9 Å². The fraction of sp³-hybridized carbons (Fsp3) is 0.407. The summed E-state index contributed by atoms with van der Waals surface area (Å²) in [5.41, 5.74) is 3.09. The van der Waals surface area contributed by atoms with E-state index in [1.54, 1.807) is 23.9 Å². The minimum atomic E-state index is -3.83. The highest BCUT2D eigenvalue weighted by molar-refractivity contribution is 7.89. The molecule has 222 valence electrons. The molecule has 1 aliphatic rings. The van der Waals surface area contributed by atoms with Gasteiger partial charge in [0.15, 0.2) is 5.69 Å². The maximum absolute atomic E-state index is 13.6. The van der Waals surface area contributed by atoms with Gasteiger partial charge in [0, 0.05) is 25.7 Å². The Kier molecular flexibility index (Phi) is 7.94. The molecule has 0 unspecified atom stereocenters. The van der Waals surface area contributed by atoms with Crippen LogP contribution in [0.25, 0.3) is 10.9 Å². The van der Waals surface area contributed by atoms with Crippen LogP contribution in [0, 0.1) is 13.8 Å². The zero-order valence-corrected chi connectivity index (χ0v) is 25.5. The fourth-order valence-corrected chi connectivity index (χ4v) is 5.95. The predicted octanol–water partition coefficient (Wildman–Crippen LogP) is 2.89. The number of hydrogen-bond acceptors (Lipinski definition) is 10. The van der Waals surface area contributed by atoms with E-state index in [9.17, 15) is 18.0 Å². The van der Waals surface area contributed by atoms with Crippen LogP contribution in [0.1, 0.15) is 59.2 Å². The van der Waals surface area contributed by atoms with E-state index in [-0.39, 0.29) is 28.1 Å². The van der Waals surface area contributed by atoms with Crippen LogP contribution in [-0.2, 0) is 17.1 Å². The number of aryl methyl sites for hydroxylation is 2. The zero-order valence-electron chi connectivity index (χ0n) is 23.9. The van der Waals surface area contributed by atoms with E-state index in [1.807, 2.05) is 42.3 Å². The lowest BCUT2D eigenvalue weighted by molar-refractivity contribution is 0.0977. The van der Waals surface area contributed by atoms with Crippen molar-refractivity contribution in [1.82, 2.24) is 34.3 Å². The highest BCUT2D eigenvalue weighted by Gasteiger charge is 2.26. The van der Waals surface area contributed by atoms with Crippen LogP contribution in [0.4, 0.5) is 11.6 Å². The third-order valence-corrected chi connectivity index (χ3v) is 8.14. The monoisotopic (exact) mass is 613 g/mol. The van der Waals surface area contributed by atoms with Crippen molar-refractivity contribution in [3.05, 3.63) is 68.5 Å². The molecule has 1 fully saturated rings. The van der Waals surface area contributed by atoms with Gasteiger partial charge in [0.1, 0.15) is 5.15 Å². The van der Waals surface area contributed by atoms with Gasteiger partial charge in [0.05, 0.1) is 46.8 Å². The molecular formula is C27H32ClN9O4S. The highest BCUT2D eigenvalue weighted by atomic mass is 35.5. The Morgan fingerprint density at radius 3 is 2.50 bits per heavy atom. The molecule has 2 N–H and O–H groups in total. The molecule has 3 aromatic heterocycles. The van der Waals surface area contributed by atoms with Gasteiger partial charge in [-0.25, -0.2) is 27.8 Å². The molecule has 5 rings (SSSR count). The average molecular weight is 614 g/mol. The van der Waals surface area contributed by atoms with Crippen molar-refractivity contribution < 1.29 is 13.2 Å². The standard InChI is InChI=1S/C27H32ClN9O4S/c1-15-12-19(17(3)30-21-6-7-22(28)31-24(21)25(38)33-42(5,40)41)23-20(13-15)26(39)35(4)27(32-23)36-10-8-18(9-11-36)37-16(2)14-29-34-37/h6-7,12-14,17-18,30H,8-11H2,1-5H3,(H,33,38)/t17-/m1/s1. The van der Waals surface area contributed by atoms with Crippen molar-refractivity contribution in [2.24, 2.45) is 7.05 Å². The highest BCUT2D eigenvalue weighted by Crippen LogP contribution is 2.31. The van der Waals surface area contributed by atoms with Crippen molar-refractivity contribution >= 4 is 50.1 Å². The van der Waals surface area contributed by atoms with Gasteiger partial charge in [-0.3, -0.25) is 14.2 Å². The number of hydrogen-bond donors (Lipinski definition) is 2. The molecule has 13 nitrogen and oxygen atoms in total. The molecular weight excluding hydrogens is 582 g/mol. The lowest BCUT2D eigenvalue weighted by atomic mass is 10.0. The smallest absolute Gasteiger partial charge is 0.285 e. The second-order valence-corrected chi connectivity index (χ2v) is 12.8. The van der Waals surface area contributed by atoms with Gasteiger partial charge in [0.2, 0.25) is 16.0 Å². The number of pyridine rings is 1. The number of aromatic nitrogens is 6. The molecule has 1 amide bonds. The second kappa shape index (κ2) is 11.3. The maximum atomic E-state index is 13.6. The third-order valence-electron chi connectivity index (χ3n) is 7.37. The number of amides is 1. The Balaban J connectivity index is 1.49. The molecule has 1 atom stereocenters. The van der Waals surface area contributed by atoms with Crippen molar-refractivity contribution in [1.29, 1.82) is 0 Å². The minimum Gasteiger partial charge on any atom is -0.377 e. The van der Waals surface area contributed by atoms with Gasteiger partial charge >= 0.3 is 0 Å². The molecule has 4 heterocycles. The second-order valence-electron chi connectivity index (χ2n) is 10.7. The maximum Gasteiger partial charge on any atom is 0.285 e. The molecule has 1 aliphatic heterocycles. The number of benzene rings is 1. The van der Waals surface area contributed by atoms with E-state index in [4.69, 9.17) is 16.6 Å². The summed E-state index contributed by atoms with van der Waals surface area (Å²) in [6, 6.07) is 6.59. The van der Waals surface area contributed by atoms with E-state index in [1.165, 1.54) is 6.07 Å². The summed E-state index contributed by atoms with van der Waals surface area (Å²) in [5, 5.41) is 12.0. The number of sulfonamides is 1. The number of carbonyl (C=O) groups excluding carboxylic acids is 1. The van der Waals surface area contributed by atoms with Crippen molar-refractivity contribution in [2.75, 3.05) is 29.6 Å². The lowest BCUT2D eigenvalue weighted by Crippen LogP contribution is -2.39. The topological polar surface area (TPSA) is 157 Å². The number of halogens is 1. The Morgan fingerprint density at radius 1 is 1.14 bits per heavy atom. The Morgan fingerprint density at radius 2 is 1.86 bits per heavy atom. The first kappa shape index (κ1) is 29.5. The number of carbonyl (C=O) groups is 1. The van der Waals surface area contributed by atoms with E-state index in [2.05, 4.69) is 25.5 Å². The molecule has 15 heteroatoms. The summed E-state index contributed by atoms with van der Waals surface area (Å²) in [4.78, 5) is 37.5. The van der Waals surface area contributed by atoms with E-state index < -0.39 is 22.0 Å². The van der Waals surface area contributed by atoms with Crippen molar-refractivity contribution in [3.8, 4) is 0 Å². The Labute approximate surface area is 248 Å². The number of piperidine rings is 1. The van der Waals surface area contributed by atoms with E-state index in [0.29, 0.717) is 29.9 Å². The van der Waals surface area contributed by atoms with Crippen LogP contribution in [0.15, 0.2) is 35.3 Å². The third kappa shape index (κ3) is 5.95. The van der Waals surface area contributed by atoms with Crippen LogP contribution in [0.5, 0.6) is 0 Å². The predicted molar refractivity (Wildman–Crippen MR) is 161 cm³/mol. The van der Waals surface area contributed by atoms with Gasteiger partial charge in [-0.2, -0.15) is 0 Å². The first-order valence-corrected chi connectivity index (χ1v) is 15.7. The van der Waals surface area contributed by atoms with Gasteiger partial charge in [0.25, 0.3) is 11.5 Å². The number of rotatable bonds is 7. The molecule has 0 bridgehead atoms. The SMILES string of the molecule is Cc1cc([C@@H](C)Nc2ccc(Cl)nc2C(=O)NS(C)(=O)=O)c2nc(N3CCC(n4nncc4C)CC3)n(C)c(=O)c2c1. The van der Waals surface area contributed by atoms with Crippen LogP contribution < -0.4 is 20.5 Å². The molecule has 0 radical (unpaired) electrons. The van der Waals surface area contributed by atoms with Crippen LogP contribution in [0.2, 0.25) is 5.15 Å². The fourth-order valence-electron chi connectivity index (χ4n) is 5.37. The Hall–Kier alpha value is -4.04. The first-order valence-electron chi connectivity index (χ1n) is 13.4. The first-order chi connectivity index (χ1) is 19.8. The Bertz CT molecular complexity index is 1850. The number of fused-ring (bicyclic) bond motifs is 1. The summed E-state index contributed by atoms with van der Waals surface area (Å²) < 4.78 is 28.8. The molecule has 42 heavy (non-hydrogen) atoms. The largest absolute Gasteiger partial charge is 0.377 e. The van der Waals surface area contributed by atoms with Crippen LogP contribution in [-0.4, -0.2) is 63.2 Å². The summed E-state index contributed by atoms with van der Waals surface area (Å²) in [6.45, 7) is 7.14. The van der Waals surface area contributed by atoms with Gasteiger partial charge in [-0.05, 0) is 57.4 Å². The normalized spacial score (nSPS) is 15.1.